The number of anilines is 1. The zero-order chi connectivity index (χ0) is 18.6. The van der Waals surface area contributed by atoms with Crippen molar-refractivity contribution in [3.63, 3.8) is 0 Å². The number of amides is 1. The molecule has 1 saturated heterocycles. The minimum Gasteiger partial charge on any atom is -0.486 e. The molecule has 1 atom stereocenters. The normalized spacial score (nSPS) is 19.1. The lowest BCUT2D eigenvalue weighted by Crippen LogP contribution is -2.40. The van der Waals surface area contributed by atoms with E-state index >= 15 is 0 Å². The second kappa shape index (κ2) is 8.01. The van der Waals surface area contributed by atoms with Gasteiger partial charge in [-0.15, -0.1) is 0 Å². The van der Waals surface area contributed by atoms with Crippen LogP contribution in [0.4, 0.5) is 5.69 Å². The van der Waals surface area contributed by atoms with Gasteiger partial charge in [0.15, 0.2) is 11.5 Å². The molecule has 4 rings (SSSR count). The van der Waals surface area contributed by atoms with Gasteiger partial charge in [-0.1, -0.05) is 24.3 Å². The van der Waals surface area contributed by atoms with Crippen LogP contribution in [0.5, 0.6) is 11.5 Å². The number of ether oxygens (including phenoxy) is 2. The maximum absolute atomic E-state index is 13.0. The van der Waals surface area contributed by atoms with E-state index in [1.165, 1.54) is 5.56 Å². The Kier molecular flexibility index (Phi) is 5.30. The molecule has 0 spiro atoms. The Labute approximate surface area is 160 Å². The predicted molar refractivity (Wildman–Crippen MR) is 105 cm³/mol. The SMILES string of the molecule is CCN(C(=O)CN1CCC[C@@H]1c1ccc2c(c1)OCCO2)c1ccccc1. The molecule has 2 aliphatic rings. The average molecular weight is 366 g/mol. The first-order chi connectivity index (χ1) is 13.3. The molecule has 0 unspecified atom stereocenters. The third-order valence-corrected chi connectivity index (χ3v) is 5.34. The predicted octanol–water partition coefficient (Wildman–Crippen LogP) is 3.65. The van der Waals surface area contributed by atoms with Crippen molar-refractivity contribution in [3.05, 3.63) is 54.1 Å². The van der Waals surface area contributed by atoms with Gasteiger partial charge in [-0.25, -0.2) is 0 Å². The number of likely N-dealkylation sites (N-methyl/N-ethyl adjacent to an activating group) is 1. The van der Waals surface area contributed by atoms with Gasteiger partial charge >= 0.3 is 0 Å². The summed E-state index contributed by atoms with van der Waals surface area (Å²) in [4.78, 5) is 17.1. The van der Waals surface area contributed by atoms with Crippen LogP contribution in [0.2, 0.25) is 0 Å². The second-order valence-corrected chi connectivity index (χ2v) is 7.01. The highest BCUT2D eigenvalue weighted by Crippen LogP contribution is 2.38. The molecule has 0 bridgehead atoms. The molecule has 2 aliphatic heterocycles. The number of para-hydroxylation sites is 1. The van der Waals surface area contributed by atoms with Gasteiger partial charge in [0.1, 0.15) is 13.2 Å². The summed E-state index contributed by atoms with van der Waals surface area (Å²) in [7, 11) is 0. The summed E-state index contributed by atoms with van der Waals surface area (Å²) in [5, 5.41) is 0. The average Bonchev–Trinajstić information content (AvgIpc) is 3.17. The van der Waals surface area contributed by atoms with Crippen molar-refractivity contribution in [1.29, 1.82) is 0 Å². The topological polar surface area (TPSA) is 42.0 Å². The molecule has 142 valence electrons. The van der Waals surface area contributed by atoms with Gasteiger partial charge in [-0.05, 0) is 56.1 Å². The quantitative estimate of drug-likeness (QED) is 0.810. The molecule has 0 aliphatic carbocycles. The van der Waals surface area contributed by atoms with E-state index in [0.717, 1.165) is 36.6 Å². The standard InChI is InChI=1S/C22H26N2O3/c1-2-24(18-7-4-3-5-8-18)22(25)16-23-12-6-9-19(23)17-10-11-20-21(15-17)27-14-13-26-20/h3-5,7-8,10-11,15,19H,2,6,9,12-14,16H2,1H3/t19-/m1/s1. The fraction of sp³-hybridized carbons (Fsp3) is 0.409. The zero-order valence-electron chi connectivity index (χ0n) is 15.8. The van der Waals surface area contributed by atoms with E-state index in [9.17, 15) is 4.79 Å². The number of hydrogen-bond acceptors (Lipinski definition) is 4. The molecule has 0 aromatic heterocycles. The highest BCUT2D eigenvalue weighted by atomic mass is 16.6. The number of carbonyl (C=O) groups is 1. The molecule has 1 amide bonds. The molecule has 5 nitrogen and oxygen atoms in total. The van der Waals surface area contributed by atoms with E-state index in [2.05, 4.69) is 17.0 Å². The van der Waals surface area contributed by atoms with Gasteiger partial charge in [0, 0.05) is 18.3 Å². The van der Waals surface area contributed by atoms with E-state index in [0.29, 0.717) is 26.3 Å². The summed E-state index contributed by atoms with van der Waals surface area (Å²) in [6.45, 7) is 5.26. The number of rotatable bonds is 5. The number of benzene rings is 2. The summed E-state index contributed by atoms with van der Waals surface area (Å²) in [6.07, 6.45) is 2.16. The highest BCUT2D eigenvalue weighted by molar-refractivity contribution is 5.94. The van der Waals surface area contributed by atoms with Crippen molar-refractivity contribution < 1.29 is 14.3 Å². The minimum atomic E-state index is 0.146. The Hall–Kier alpha value is -2.53. The molecule has 1 fully saturated rings. The van der Waals surface area contributed by atoms with E-state index in [1.807, 2.05) is 48.2 Å². The maximum Gasteiger partial charge on any atom is 0.241 e. The Balaban J connectivity index is 1.49. The Morgan fingerprint density at radius 3 is 2.67 bits per heavy atom. The van der Waals surface area contributed by atoms with Crippen LogP contribution < -0.4 is 14.4 Å². The lowest BCUT2D eigenvalue weighted by atomic mass is 10.0. The first-order valence-corrected chi connectivity index (χ1v) is 9.75. The Morgan fingerprint density at radius 2 is 1.89 bits per heavy atom. The largest absolute Gasteiger partial charge is 0.486 e. The van der Waals surface area contributed by atoms with Crippen molar-refractivity contribution in [2.45, 2.75) is 25.8 Å². The van der Waals surface area contributed by atoms with Crippen molar-refractivity contribution in [2.75, 3.05) is 37.7 Å². The Bertz CT molecular complexity index is 793. The van der Waals surface area contributed by atoms with E-state index in [1.54, 1.807) is 0 Å². The van der Waals surface area contributed by atoms with Crippen LogP contribution in [0.3, 0.4) is 0 Å². The number of nitrogens with zero attached hydrogens (tertiary/aromatic N) is 2. The monoisotopic (exact) mass is 366 g/mol. The first kappa shape index (κ1) is 17.9. The van der Waals surface area contributed by atoms with Gasteiger partial charge in [-0.3, -0.25) is 9.69 Å². The molecule has 27 heavy (non-hydrogen) atoms. The summed E-state index contributed by atoms with van der Waals surface area (Å²) in [5.74, 6) is 1.77. The lowest BCUT2D eigenvalue weighted by Gasteiger charge is -2.29. The minimum absolute atomic E-state index is 0.146. The van der Waals surface area contributed by atoms with Crippen LogP contribution in [0.1, 0.15) is 31.4 Å². The van der Waals surface area contributed by atoms with Crippen LogP contribution in [-0.2, 0) is 4.79 Å². The van der Waals surface area contributed by atoms with Crippen LogP contribution in [0, 0.1) is 0 Å². The summed E-state index contributed by atoms with van der Waals surface area (Å²) in [5.41, 5.74) is 2.16. The fourth-order valence-electron chi connectivity index (χ4n) is 4.03. The van der Waals surface area contributed by atoms with Gasteiger partial charge in [0.2, 0.25) is 5.91 Å². The molecular formula is C22H26N2O3. The molecule has 5 heteroatoms. The molecule has 2 aromatic rings. The summed E-state index contributed by atoms with van der Waals surface area (Å²) >= 11 is 0. The molecule has 0 N–H and O–H groups in total. The van der Waals surface area contributed by atoms with Crippen molar-refractivity contribution in [2.24, 2.45) is 0 Å². The molecular weight excluding hydrogens is 340 g/mol. The van der Waals surface area contributed by atoms with Crippen LogP contribution in [0.25, 0.3) is 0 Å². The van der Waals surface area contributed by atoms with Crippen LogP contribution in [0.15, 0.2) is 48.5 Å². The van der Waals surface area contributed by atoms with Gasteiger partial charge in [0.25, 0.3) is 0 Å². The smallest absolute Gasteiger partial charge is 0.241 e. The molecule has 2 heterocycles. The summed E-state index contributed by atoms with van der Waals surface area (Å²) in [6, 6.07) is 16.3. The summed E-state index contributed by atoms with van der Waals surface area (Å²) < 4.78 is 11.4. The van der Waals surface area contributed by atoms with E-state index in [-0.39, 0.29) is 11.9 Å². The molecule has 0 saturated carbocycles. The third-order valence-electron chi connectivity index (χ3n) is 5.34. The van der Waals surface area contributed by atoms with Crippen molar-refractivity contribution in [3.8, 4) is 11.5 Å². The van der Waals surface area contributed by atoms with Crippen molar-refractivity contribution in [1.82, 2.24) is 4.90 Å². The lowest BCUT2D eigenvalue weighted by molar-refractivity contribution is -0.119. The maximum atomic E-state index is 13.0. The Morgan fingerprint density at radius 1 is 1.11 bits per heavy atom. The second-order valence-electron chi connectivity index (χ2n) is 7.01. The molecule has 2 aromatic carbocycles. The fourth-order valence-corrected chi connectivity index (χ4v) is 4.03. The molecule has 0 radical (unpaired) electrons. The van der Waals surface area contributed by atoms with E-state index < -0.39 is 0 Å². The van der Waals surface area contributed by atoms with Crippen molar-refractivity contribution >= 4 is 11.6 Å². The number of fused-ring (bicyclic) bond motifs is 1. The van der Waals surface area contributed by atoms with Gasteiger partial charge in [0.05, 0.1) is 6.54 Å². The first-order valence-electron chi connectivity index (χ1n) is 9.75. The number of likely N-dealkylation sites (tertiary alicyclic amines) is 1. The van der Waals surface area contributed by atoms with Gasteiger partial charge < -0.3 is 14.4 Å². The van der Waals surface area contributed by atoms with Crippen LogP contribution in [-0.4, -0.2) is 43.7 Å². The zero-order valence-corrected chi connectivity index (χ0v) is 15.8. The van der Waals surface area contributed by atoms with E-state index in [4.69, 9.17) is 9.47 Å². The number of carbonyl (C=O) groups excluding carboxylic acids is 1. The number of hydrogen-bond donors (Lipinski definition) is 0. The van der Waals surface area contributed by atoms with Gasteiger partial charge in [-0.2, -0.15) is 0 Å². The highest BCUT2D eigenvalue weighted by Gasteiger charge is 2.30. The third kappa shape index (κ3) is 3.78. The van der Waals surface area contributed by atoms with Crippen LogP contribution >= 0.6 is 0 Å².